The topological polar surface area (TPSA) is 31.6 Å². The second-order valence-corrected chi connectivity index (χ2v) is 8.34. The molecule has 0 saturated heterocycles. The van der Waals surface area contributed by atoms with Crippen LogP contribution in [0, 0.1) is 13.8 Å². The van der Waals surface area contributed by atoms with Crippen molar-refractivity contribution in [3.8, 4) is 0 Å². The van der Waals surface area contributed by atoms with Crippen LogP contribution in [0.5, 0.6) is 0 Å². The summed E-state index contributed by atoms with van der Waals surface area (Å²) in [6.07, 6.45) is 0. The largest absolute Gasteiger partial charge is 0.358 e. The number of hydrogen-bond acceptors (Lipinski definition) is 0. The third-order valence-electron chi connectivity index (χ3n) is 5.74. The van der Waals surface area contributed by atoms with E-state index in [9.17, 15) is 0 Å². The molecule has 2 N–H and O–H groups in total. The van der Waals surface area contributed by atoms with Crippen LogP contribution in [0.3, 0.4) is 0 Å². The van der Waals surface area contributed by atoms with Crippen LogP contribution in [0.2, 0.25) is 10.0 Å². The SMILES string of the molecule is Cc1[nH]c2ccccc2c1C(c1ccc(Cl)c(Cl)c1)c1c(C)[nH]c2ccccc12. The van der Waals surface area contributed by atoms with Gasteiger partial charge in [-0.05, 0) is 54.8 Å². The fraction of sp³-hybridized carbons (Fsp3) is 0.120. The zero-order valence-corrected chi connectivity index (χ0v) is 17.7. The maximum Gasteiger partial charge on any atom is 0.0595 e. The number of halogens is 2. The summed E-state index contributed by atoms with van der Waals surface area (Å²) in [4.78, 5) is 7.13. The van der Waals surface area contributed by atoms with Crippen LogP contribution in [-0.2, 0) is 0 Å². The Kier molecular flexibility index (Phi) is 4.42. The number of H-pyrrole nitrogens is 2. The lowest BCUT2D eigenvalue weighted by atomic mass is 9.82. The predicted molar refractivity (Wildman–Crippen MR) is 123 cm³/mol. The van der Waals surface area contributed by atoms with Crippen molar-refractivity contribution in [1.82, 2.24) is 9.97 Å². The van der Waals surface area contributed by atoms with Gasteiger partial charge in [-0.15, -0.1) is 0 Å². The number of benzene rings is 3. The highest BCUT2D eigenvalue weighted by molar-refractivity contribution is 6.42. The van der Waals surface area contributed by atoms with E-state index in [1.54, 1.807) is 0 Å². The summed E-state index contributed by atoms with van der Waals surface area (Å²) in [7, 11) is 0. The molecule has 0 spiro atoms. The first kappa shape index (κ1) is 18.4. The van der Waals surface area contributed by atoms with Crippen molar-refractivity contribution >= 4 is 45.0 Å². The highest BCUT2D eigenvalue weighted by Crippen LogP contribution is 2.43. The zero-order chi connectivity index (χ0) is 20.1. The van der Waals surface area contributed by atoms with Crippen molar-refractivity contribution in [2.75, 3.05) is 0 Å². The molecule has 0 unspecified atom stereocenters. The molecule has 2 heterocycles. The van der Waals surface area contributed by atoms with E-state index in [1.165, 1.54) is 21.9 Å². The monoisotopic (exact) mass is 418 g/mol. The van der Waals surface area contributed by atoms with Crippen molar-refractivity contribution in [3.05, 3.63) is 105 Å². The number of para-hydroxylation sites is 2. The second-order valence-electron chi connectivity index (χ2n) is 7.53. The van der Waals surface area contributed by atoms with Gasteiger partial charge in [0.2, 0.25) is 0 Å². The quantitative estimate of drug-likeness (QED) is 0.300. The van der Waals surface area contributed by atoms with Gasteiger partial charge in [-0.1, -0.05) is 65.7 Å². The molecule has 29 heavy (non-hydrogen) atoms. The van der Waals surface area contributed by atoms with Gasteiger partial charge in [-0.2, -0.15) is 0 Å². The molecular formula is C25H20Cl2N2. The van der Waals surface area contributed by atoms with E-state index < -0.39 is 0 Å². The predicted octanol–water partition coefficient (Wildman–Crippen LogP) is 7.75. The lowest BCUT2D eigenvalue weighted by Gasteiger charge is -2.20. The molecular weight excluding hydrogens is 399 g/mol. The third-order valence-corrected chi connectivity index (χ3v) is 6.48. The number of fused-ring (bicyclic) bond motifs is 2. The van der Waals surface area contributed by atoms with E-state index in [0.29, 0.717) is 10.0 Å². The van der Waals surface area contributed by atoms with Crippen LogP contribution >= 0.6 is 23.2 Å². The molecule has 144 valence electrons. The molecule has 0 saturated carbocycles. The molecule has 0 atom stereocenters. The standard InChI is InChI=1S/C25H20Cl2N2/c1-14-23(17-7-3-5-9-21(17)28-14)25(16-11-12-19(26)20(27)13-16)24-15(2)29-22-10-6-4-8-18(22)24/h3-13,25,28-29H,1-2H3. The fourth-order valence-corrected chi connectivity index (χ4v) is 4.82. The lowest BCUT2D eigenvalue weighted by molar-refractivity contribution is 0.962. The van der Waals surface area contributed by atoms with Crippen molar-refractivity contribution < 1.29 is 0 Å². The smallest absolute Gasteiger partial charge is 0.0595 e. The molecule has 0 fully saturated rings. The van der Waals surface area contributed by atoms with Gasteiger partial charge in [0, 0.05) is 39.1 Å². The molecule has 0 bridgehead atoms. The summed E-state index contributed by atoms with van der Waals surface area (Å²) in [6, 6.07) is 22.9. The molecule has 2 nitrogen and oxygen atoms in total. The summed E-state index contributed by atoms with van der Waals surface area (Å²) >= 11 is 12.7. The number of hydrogen-bond donors (Lipinski definition) is 2. The minimum Gasteiger partial charge on any atom is -0.358 e. The van der Waals surface area contributed by atoms with E-state index in [1.807, 2.05) is 12.1 Å². The summed E-state index contributed by atoms with van der Waals surface area (Å²) in [5, 5.41) is 3.60. The molecule has 2 aromatic heterocycles. The van der Waals surface area contributed by atoms with E-state index in [-0.39, 0.29) is 5.92 Å². The third kappa shape index (κ3) is 2.95. The molecule has 5 rings (SSSR count). The summed E-state index contributed by atoms with van der Waals surface area (Å²) in [5.74, 6) is 0.0251. The normalized spacial score (nSPS) is 11.8. The van der Waals surface area contributed by atoms with Gasteiger partial charge in [-0.25, -0.2) is 0 Å². The number of rotatable bonds is 3. The fourth-order valence-electron chi connectivity index (χ4n) is 4.51. The van der Waals surface area contributed by atoms with Gasteiger partial charge < -0.3 is 9.97 Å². The van der Waals surface area contributed by atoms with Gasteiger partial charge in [0.25, 0.3) is 0 Å². The molecule has 0 aliphatic carbocycles. The Hall–Kier alpha value is -2.68. The summed E-state index contributed by atoms with van der Waals surface area (Å²) in [5.41, 5.74) is 8.27. The first-order valence-electron chi connectivity index (χ1n) is 9.64. The Balaban J connectivity index is 1.88. The van der Waals surface area contributed by atoms with Gasteiger partial charge in [-0.3, -0.25) is 0 Å². The highest BCUT2D eigenvalue weighted by Gasteiger charge is 2.27. The van der Waals surface area contributed by atoms with Crippen molar-refractivity contribution in [2.24, 2.45) is 0 Å². The second kappa shape index (κ2) is 6.98. The molecule has 3 aromatic carbocycles. The van der Waals surface area contributed by atoms with Crippen molar-refractivity contribution in [1.29, 1.82) is 0 Å². The lowest BCUT2D eigenvalue weighted by Crippen LogP contribution is -2.06. The average Bonchev–Trinajstić information content (AvgIpc) is 3.22. The van der Waals surface area contributed by atoms with Crippen molar-refractivity contribution in [3.63, 3.8) is 0 Å². The maximum absolute atomic E-state index is 6.45. The number of aryl methyl sites for hydroxylation is 2. The van der Waals surface area contributed by atoms with Crippen molar-refractivity contribution in [2.45, 2.75) is 19.8 Å². The van der Waals surface area contributed by atoms with Crippen LogP contribution in [-0.4, -0.2) is 9.97 Å². The zero-order valence-electron chi connectivity index (χ0n) is 16.2. The van der Waals surface area contributed by atoms with E-state index in [0.717, 1.165) is 28.0 Å². The van der Waals surface area contributed by atoms with E-state index in [4.69, 9.17) is 23.2 Å². The summed E-state index contributed by atoms with van der Waals surface area (Å²) in [6.45, 7) is 4.29. The molecule has 4 heteroatoms. The van der Waals surface area contributed by atoms with Crippen LogP contribution < -0.4 is 0 Å². The van der Waals surface area contributed by atoms with Gasteiger partial charge in [0.05, 0.1) is 10.0 Å². The Morgan fingerprint density at radius 2 is 1.17 bits per heavy atom. The van der Waals surface area contributed by atoms with E-state index >= 15 is 0 Å². The van der Waals surface area contributed by atoms with Gasteiger partial charge >= 0.3 is 0 Å². The average molecular weight is 419 g/mol. The Morgan fingerprint density at radius 1 is 0.655 bits per heavy atom. The van der Waals surface area contributed by atoms with Crippen LogP contribution in [0.15, 0.2) is 66.7 Å². The first-order valence-corrected chi connectivity index (χ1v) is 10.4. The molecule has 0 amide bonds. The number of aromatic amines is 2. The Labute approximate surface area is 179 Å². The van der Waals surface area contributed by atoms with Crippen LogP contribution in [0.1, 0.15) is 34.0 Å². The first-order chi connectivity index (χ1) is 14.0. The number of nitrogens with one attached hydrogen (secondary N) is 2. The molecule has 0 aliphatic rings. The molecule has 0 radical (unpaired) electrons. The Morgan fingerprint density at radius 3 is 1.69 bits per heavy atom. The molecule has 0 aliphatic heterocycles. The Bertz CT molecular complexity index is 1280. The summed E-state index contributed by atoms with van der Waals surface area (Å²) < 4.78 is 0. The van der Waals surface area contributed by atoms with Crippen LogP contribution in [0.4, 0.5) is 0 Å². The highest BCUT2D eigenvalue weighted by atomic mass is 35.5. The maximum atomic E-state index is 6.45. The van der Waals surface area contributed by atoms with Crippen LogP contribution in [0.25, 0.3) is 21.8 Å². The molecule has 5 aromatic rings. The van der Waals surface area contributed by atoms with Gasteiger partial charge in [0.15, 0.2) is 0 Å². The minimum atomic E-state index is 0.0251. The van der Waals surface area contributed by atoms with E-state index in [2.05, 4.69) is 78.4 Å². The number of aromatic nitrogens is 2. The minimum absolute atomic E-state index is 0.0251. The van der Waals surface area contributed by atoms with Gasteiger partial charge in [0.1, 0.15) is 0 Å².